The number of aldehydes is 1. The zero-order valence-electron chi connectivity index (χ0n) is 10.3. The molecule has 17 heavy (non-hydrogen) atoms. The van der Waals surface area contributed by atoms with Crippen molar-refractivity contribution in [1.82, 2.24) is 5.32 Å². The number of benzene rings is 1. The second-order valence-corrected chi connectivity index (χ2v) is 3.33. The minimum absolute atomic E-state index is 0.316. The molecule has 0 fully saturated rings. The average molecular weight is 239 g/mol. The fourth-order valence-corrected chi connectivity index (χ4v) is 1.51. The van der Waals surface area contributed by atoms with E-state index >= 15 is 0 Å². The van der Waals surface area contributed by atoms with Crippen molar-refractivity contribution in [2.75, 3.05) is 27.9 Å². The Morgan fingerprint density at radius 1 is 1.12 bits per heavy atom. The van der Waals surface area contributed by atoms with Crippen LogP contribution in [0, 0.1) is 0 Å². The minimum Gasteiger partial charge on any atom is -0.493 e. The van der Waals surface area contributed by atoms with Crippen LogP contribution in [-0.2, 0) is 11.3 Å². The first-order chi connectivity index (χ1) is 8.26. The summed E-state index contributed by atoms with van der Waals surface area (Å²) in [7, 11) is 4.70. The minimum atomic E-state index is 0.316. The highest BCUT2D eigenvalue weighted by Crippen LogP contribution is 2.38. The molecule has 0 aliphatic heterocycles. The van der Waals surface area contributed by atoms with Crippen LogP contribution in [0.2, 0.25) is 0 Å². The Morgan fingerprint density at radius 2 is 1.71 bits per heavy atom. The van der Waals surface area contributed by atoms with Gasteiger partial charge in [-0.15, -0.1) is 0 Å². The maximum Gasteiger partial charge on any atom is 0.203 e. The van der Waals surface area contributed by atoms with Gasteiger partial charge in [-0.2, -0.15) is 0 Å². The van der Waals surface area contributed by atoms with E-state index in [1.54, 1.807) is 21.3 Å². The monoisotopic (exact) mass is 239 g/mol. The van der Waals surface area contributed by atoms with Crippen molar-refractivity contribution in [3.63, 3.8) is 0 Å². The normalized spacial score (nSPS) is 9.82. The lowest BCUT2D eigenvalue weighted by atomic mass is 10.2. The molecule has 5 nitrogen and oxygen atoms in total. The van der Waals surface area contributed by atoms with E-state index in [1.165, 1.54) is 0 Å². The summed E-state index contributed by atoms with van der Waals surface area (Å²) in [6.45, 7) is 0.881. The van der Waals surface area contributed by atoms with Gasteiger partial charge in [0.2, 0.25) is 5.75 Å². The third-order valence-electron chi connectivity index (χ3n) is 2.28. The number of carbonyl (C=O) groups excluding carboxylic acids is 1. The molecule has 1 rings (SSSR count). The SMILES string of the molecule is COc1cc(CNCC=O)cc(OC)c1OC. The molecule has 1 aromatic rings. The van der Waals surface area contributed by atoms with Gasteiger partial charge in [0.05, 0.1) is 27.9 Å². The lowest BCUT2D eigenvalue weighted by Crippen LogP contribution is -2.15. The lowest BCUT2D eigenvalue weighted by molar-refractivity contribution is -0.107. The van der Waals surface area contributed by atoms with Crippen molar-refractivity contribution in [1.29, 1.82) is 0 Å². The lowest BCUT2D eigenvalue weighted by Gasteiger charge is -2.14. The molecule has 0 saturated carbocycles. The van der Waals surface area contributed by atoms with E-state index in [1.807, 2.05) is 12.1 Å². The van der Waals surface area contributed by atoms with E-state index < -0.39 is 0 Å². The maximum atomic E-state index is 10.2. The topological polar surface area (TPSA) is 56.8 Å². The summed E-state index contributed by atoms with van der Waals surface area (Å²) in [5, 5.41) is 2.97. The Balaban J connectivity index is 2.96. The maximum absolute atomic E-state index is 10.2. The number of methoxy groups -OCH3 is 3. The molecule has 1 aromatic carbocycles. The van der Waals surface area contributed by atoms with Crippen LogP contribution in [0.1, 0.15) is 5.56 Å². The quantitative estimate of drug-likeness (QED) is 0.568. The number of rotatable bonds is 7. The van der Waals surface area contributed by atoms with Crippen LogP contribution >= 0.6 is 0 Å². The van der Waals surface area contributed by atoms with Crippen molar-refractivity contribution in [2.45, 2.75) is 6.54 Å². The van der Waals surface area contributed by atoms with Crippen LogP contribution in [0.25, 0.3) is 0 Å². The molecule has 94 valence electrons. The highest BCUT2D eigenvalue weighted by Gasteiger charge is 2.12. The van der Waals surface area contributed by atoms with Gasteiger partial charge in [0.1, 0.15) is 6.29 Å². The zero-order chi connectivity index (χ0) is 12.7. The first-order valence-corrected chi connectivity index (χ1v) is 5.20. The van der Waals surface area contributed by atoms with Gasteiger partial charge in [-0.1, -0.05) is 0 Å². The van der Waals surface area contributed by atoms with Crippen LogP contribution in [0.5, 0.6) is 17.2 Å². The summed E-state index contributed by atoms with van der Waals surface area (Å²) in [4.78, 5) is 10.2. The van der Waals surface area contributed by atoms with Gasteiger partial charge in [0, 0.05) is 6.54 Å². The smallest absolute Gasteiger partial charge is 0.203 e. The van der Waals surface area contributed by atoms with Crippen molar-refractivity contribution >= 4 is 6.29 Å². The molecule has 0 atom stereocenters. The Bertz CT molecular complexity index is 354. The summed E-state index contributed by atoms with van der Waals surface area (Å²) in [5.74, 6) is 1.78. The molecule has 0 spiro atoms. The Kier molecular flexibility index (Phi) is 5.29. The van der Waals surface area contributed by atoms with E-state index in [0.717, 1.165) is 11.8 Å². The van der Waals surface area contributed by atoms with Crippen molar-refractivity contribution in [3.8, 4) is 17.2 Å². The fourth-order valence-electron chi connectivity index (χ4n) is 1.51. The number of carbonyl (C=O) groups is 1. The van der Waals surface area contributed by atoms with E-state index in [4.69, 9.17) is 14.2 Å². The molecule has 0 saturated heterocycles. The molecule has 0 aromatic heterocycles. The van der Waals surface area contributed by atoms with Crippen molar-refractivity contribution < 1.29 is 19.0 Å². The summed E-state index contributed by atoms with van der Waals surface area (Å²) >= 11 is 0. The van der Waals surface area contributed by atoms with Crippen LogP contribution in [-0.4, -0.2) is 34.2 Å². The van der Waals surface area contributed by atoms with Gasteiger partial charge in [0.25, 0.3) is 0 Å². The number of hydrogen-bond acceptors (Lipinski definition) is 5. The van der Waals surface area contributed by atoms with Gasteiger partial charge in [0.15, 0.2) is 11.5 Å². The van der Waals surface area contributed by atoms with Crippen LogP contribution in [0.15, 0.2) is 12.1 Å². The van der Waals surface area contributed by atoms with E-state index in [-0.39, 0.29) is 0 Å². The molecule has 5 heteroatoms. The first-order valence-electron chi connectivity index (χ1n) is 5.20. The summed E-state index contributed by atoms with van der Waals surface area (Å²) in [5.41, 5.74) is 0.960. The number of nitrogens with one attached hydrogen (secondary N) is 1. The predicted octanol–water partition coefficient (Wildman–Crippen LogP) is 1.00. The molecule has 0 bridgehead atoms. The molecule has 1 N–H and O–H groups in total. The third-order valence-corrected chi connectivity index (χ3v) is 2.28. The van der Waals surface area contributed by atoms with Crippen molar-refractivity contribution in [3.05, 3.63) is 17.7 Å². The summed E-state index contributed by atoms with van der Waals surface area (Å²) in [6.07, 6.45) is 0.817. The molecule has 0 unspecified atom stereocenters. The average Bonchev–Trinajstić information content (AvgIpc) is 2.37. The van der Waals surface area contributed by atoms with Crippen LogP contribution in [0.3, 0.4) is 0 Å². The largest absolute Gasteiger partial charge is 0.493 e. The predicted molar refractivity (Wildman–Crippen MR) is 63.9 cm³/mol. The molecule has 0 aliphatic carbocycles. The van der Waals surface area contributed by atoms with Crippen LogP contribution in [0.4, 0.5) is 0 Å². The second-order valence-electron chi connectivity index (χ2n) is 3.33. The van der Waals surface area contributed by atoms with Gasteiger partial charge >= 0.3 is 0 Å². The highest BCUT2D eigenvalue weighted by atomic mass is 16.5. The highest BCUT2D eigenvalue weighted by molar-refractivity contribution is 5.54. The Morgan fingerprint density at radius 3 is 2.12 bits per heavy atom. The zero-order valence-corrected chi connectivity index (χ0v) is 10.3. The third kappa shape index (κ3) is 3.35. The van der Waals surface area contributed by atoms with Gasteiger partial charge in [-0.3, -0.25) is 0 Å². The molecule has 0 radical (unpaired) electrons. The van der Waals surface area contributed by atoms with E-state index in [0.29, 0.717) is 30.3 Å². The summed E-state index contributed by atoms with van der Waals surface area (Å²) in [6, 6.07) is 3.69. The van der Waals surface area contributed by atoms with E-state index in [9.17, 15) is 4.79 Å². The Hall–Kier alpha value is -1.75. The first kappa shape index (κ1) is 13.3. The second kappa shape index (κ2) is 6.75. The summed E-state index contributed by atoms with van der Waals surface area (Å²) < 4.78 is 15.7. The van der Waals surface area contributed by atoms with Gasteiger partial charge < -0.3 is 24.3 Å². The van der Waals surface area contributed by atoms with Gasteiger partial charge in [-0.25, -0.2) is 0 Å². The fraction of sp³-hybridized carbons (Fsp3) is 0.417. The van der Waals surface area contributed by atoms with Crippen LogP contribution < -0.4 is 19.5 Å². The standard InChI is InChI=1S/C12H17NO4/c1-15-10-6-9(8-13-4-5-14)7-11(16-2)12(10)17-3/h5-7,13H,4,8H2,1-3H3. The van der Waals surface area contributed by atoms with Gasteiger partial charge in [-0.05, 0) is 17.7 Å². The van der Waals surface area contributed by atoms with Crippen molar-refractivity contribution in [2.24, 2.45) is 0 Å². The molecule has 0 heterocycles. The number of hydrogen-bond donors (Lipinski definition) is 1. The molecule has 0 aliphatic rings. The molecular formula is C12H17NO4. The molecular weight excluding hydrogens is 222 g/mol. The van der Waals surface area contributed by atoms with E-state index in [2.05, 4.69) is 5.32 Å². The molecule has 0 amide bonds. The Labute approximate surface area is 101 Å². The number of ether oxygens (including phenoxy) is 3.